The van der Waals surface area contributed by atoms with E-state index in [9.17, 15) is 9.90 Å². The van der Waals surface area contributed by atoms with Gasteiger partial charge in [-0.3, -0.25) is 9.48 Å². The van der Waals surface area contributed by atoms with Crippen LogP contribution in [0.1, 0.15) is 49.8 Å². The molecule has 0 aromatic carbocycles. The van der Waals surface area contributed by atoms with E-state index in [-0.39, 0.29) is 18.6 Å². The molecule has 1 heterocycles. The van der Waals surface area contributed by atoms with Gasteiger partial charge >= 0.3 is 0 Å². The molecule has 108 valence electrons. The van der Waals surface area contributed by atoms with Crippen molar-refractivity contribution in [2.24, 2.45) is 0 Å². The van der Waals surface area contributed by atoms with Crippen molar-refractivity contribution in [1.82, 2.24) is 14.7 Å². The van der Waals surface area contributed by atoms with Crippen LogP contribution in [-0.2, 0) is 6.54 Å². The summed E-state index contributed by atoms with van der Waals surface area (Å²) in [6.45, 7) is 9.01. The summed E-state index contributed by atoms with van der Waals surface area (Å²) in [5.74, 6) is -0.0369. The molecule has 0 spiro atoms. The van der Waals surface area contributed by atoms with Crippen molar-refractivity contribution in [3.63, 3.8) is 0 Å². The van der Waals surface area contributed by atoms with E-state index in [1.165, 1.54) is 0 Å². The zero-order valence-electron chi connectivity index (χ0n) is 12.4. The molecule has 0 bridgehead atoms. The fraction of sp³-hybridized carbons (Fsp3) is 0.714. The molecule has 5 nitrogen and oxygen atoms in total. The Morgan fingerprint density at radius 3 is 2.53 bits per heavy atom. The summed E-state index contributed by atoms with van der Waals surface area (Å²) >= 11 is 0. The Bertz CT molecular complexity index is 411. The van der Waals surface area contributed by atoms with Gasteiger partial charge in [-0.15, -0.1) is 0 Å². The Hall–Kier alpha value is -1.36. The number of rotatable bonds is 7. The Morgan fingerprint density at radius 1 is 1.42 bits per heavy atom. The molecule has 0 radical (unpaired) electrons. The molecule has 1 N–H and O–H groups in total. The largest absolute Gasteiger partial charge is 0.395 e. The summed E-state index contributed by atoms with van der Waals surface area (Å²) < 4.78 is 1.73. The summed E-state index contributed by atoms with van der Waals surface area (Å²) in [5, 5.41) is 13.5. The molecule has 0 aliphatic heterocycles. The first kappa shape index (κ1) is 15.7. The number of hydrogen-bond donors (Lipinski definition) is 1. The van der Waals surface area contributed by atoms with Crippen LogP contribution in [0.3, 0.4) is 0 Å². The molecular weight excluding hydrogens is 242 g/mol. The highest BCUT2D eigenvalue weighted by Gasteiger charge is 2.24. The number of aryl methyl sites for hydroxylation is 2. The standard InChI is InChI=1S/C14H25N3O2/c1-5-12(6-2)16(8-9-18)14(19)13-10-11(4)15-17(13)7-3/h10,12,18H,5-9H2,1-4H3. The third kappa shape index (κ3) is 3.56. The first-order valence-electron chi connectivity index (χ1n) is 7.05. The maximum absolute atomic E-state index is 12.6. The molecule has 0 saturated heterocycles. The average molecular weight is 267 g/mol. The SMILES string of the molecule is CCC(CC)N(CCO)C(=O)c1cc(C)nn1CC. The lowest BCUT2D eigenvalue weighted by atomic mass is 10.1. The highest BCUT2D eigenvalue weighted by Crippen LogP contribution is 2.14. The number of aliphatic hydroxyl groups excluding tert-OH is 1. The molecule has 1 amide bonds. The summed E-state index contributed by atoms with van der Waals surface area (Å²) in [6, 6.07) is 1.98. The third-order valence-corrected chi connectivity index (χ3v) is 3.41. The Balaban J connectivity index is 3.04. The van der Waals surface area contributed by atoms with Gasteiger partial charge in [-0.05, 0) is 32.8 Å². The van der Waals surface area contributed by atoms with Crippen molar-refractivity contribution in [2.75, 3.05) is 13.2 Å². The minimum absolute atomic E-state index is 0.0124. The van der Waals surface area contributed by atoms with Crippen molar-refractivity contribution in [3.05, 3.63) is 17.5 Å². The minimum atomic E-state index is -0.0369. The first-order valence-corrected chi connectivity index (χ1v) is 7.05. The second-order valence-electron chi connectivity index (χ2n) is 4.68. The van der Waals surface area contributed by atoms with E-state index in [1.807, 2.05) is 19.9 Å². The normalized spacial score (nSPS) is 11.1. The summed E-state index contributed by atoms with van der Waals surface area (Å²) in [5.41, 5.74) is 1.46. The van der Waals surface area contributed by atoms with Gasteiger partial charge in [0.25, 0.3) is 5.91 Å². The highest BCUT2D eigenvalue weighted by molar-refractivity contribution is 5.93. The van der Waals surface area contributed by atoms with Crippen molar-refractivity contribution in [3.8, 4) is 0 Å². The van der Waals surface area contributed by atoms with E-state index in [2.05, 4.69) is 18.9 Å². The number of hydrogen-bond acceptors (Lipinski definition) is 3. The van der Waals surface area contributed by atoms with Crippen LogP contribution < -0.4 is 0 Å². The van der Waals surface area contributed by atoms with E-state index in [4.69, 9.17) is 0 Å². The van der Waals surface area contributed by atoms with Crippen molar-refractivity contribution >= 4 is 5.91 Å². The molecule has 19 heavy (non-hydrogen) atoms. The number of amides is 1. The predicted molar refractivity (Wildman–Crippen MR) is 75.1 cm³/mol. The van der Waals surface area contributed by atoms with Crippen LogP contribution in [-0.4, -0.2) is 44.9 Å². The van der Waals surface area contributed by atoms with Crippen LogP contribution >= 0.6 is 0 Å². The lowest BCUT2D eigenvalue weighted by molar-refractivity contribution is 0.0610. The number of aliphatic hydroxyl groups is 1. The molecule has 0 unspecified atom stereocenters. The van der Waals surface area contributed by atoms with Crippen LogP contribution in [0.25, 0.3) is 0 Å². The molecule has 0 aliphatic carbocycles. The number of carbonyl (C=O) groups is 1. The first-order chi connectivity index (χ1) is 9.08. The van der Waals surface area contributed by atoms with Crippen LogP contribution in [0, 0.1) is 6.92 Å². The van der Waals surface area contributed by atoms with Crippen molar-refractivity contribution in [1.29, 1.82) is 0 Å². The molecule has 0 aliphatic rings. The third-order valence-electron chi connectivity index (χ3n) is 3.41. The van der Waals surface area contributed by atoms with E-state index < -0.39 is 0 Å². The number of aromatic nitrogens is 2. The Kier molecular flexibility index (Phi) is 6.02. The van der Waals surface area contributed by atoms with Gasteiger partial charge in [0.15, 0.2) is 0 Å². The summed E-state index contributed by atoms with van der Waals surface area (Å²) in [7, 11) is 0. The lowest BCUT2D eigenvalue weighted by Crippen LogP contribution is -2.42. The van der Waals surface area contributed by atoms with Crippen LogP contribution in [0.15, 0.2) is 6.07 Å². The molecular formula is C14H25N3O2. The Morgan fingerprint density at radius 2 is 2.05 bits per heavy atom. The van der Waals surface area contributed by atoms with Gasteiger partial charge in [-0.1, -0.05) is 13.8 Å². The molecule has 0 fully saturated rings. The van der Waals surface area contributed by atoms with Crippen LogP contribution in [0.4, 0.5) is 0 Å². The molecule has 0 atom stereocenters. The number of nitrogens with zero attached hydrogens (tertiary/aromatic N) is 3. The Labute approximate surface area is 115 Å². The number of carbonyl (C=O) groups excluding carboxylic acids is 1. The lowest BCUT2D eigenvalue weighted by Gasteiger charge is -2.30. The smallest absolute Gasteiger partial charge is 0.272 e. The minimum Gasteiger partial charge on any atom is -0.395 e. The molecule has 5 heteroatoms. The second-order valence-corrected chi connectivity index (χ2v) is 4.68. The van der Waals surface area contributed by atoms with Crippen molar-refractivity contribution in [2.45, 2.75) is 53.1 Å². The van der Waals surface area contributed by atoms with Gasteiger partial charge in [-0.25, -0.2) is 0 Å². The fourth-order valence-corrected chi connectivity index (χ4v) is 2.39. The van der Waals surface area contributed by atoms with Gasteiger partial charge in [0.2, 0.25) is 0 Å². The molecule has 1 aromatic rings. The average Bonchev–Trinajstić information content (AvgIpc) is 2.79. The zero-order chi connectivity index (χ0) is 14.4. The van der Waals surface area contributed by atoms with Gasteiger partial charge in [-0.2, -0.15) is 5.10 Å². The second kappa shape index (κ2) is 7.28. The highest BCUT2D eigenvalue weighted by atomic mass is 16.3. The maximum atomic E-state index is 12.6. The van der Waals surface area contributed by atoms with E-state index in [0.29, 0.717) is 18.8 Å². The maximum Gasteiger partial charge on any atom is 0.272 e. The van der Waals surface area contributed by atoms with Gasteiger partial charge < -0.3 is 10.0 Å². The fourth-order valence-electron chi connectivity index (χ4n) is 2.39. The van der Waals surface area contributed by atoms with Crippen LogP contribution in [0.5, 0.6) is 0 Å². The summed E-state index contributed by atoms with van der Waals surface area (Å²) in [6.07, 6.45) is 1.78. The van der Waals surface area contributed by atoms with E-state index in [1.54, 1.807) is 9.58 Å². The van der Waals surface area contributed by atoms with Gasteiger partial charge in [0.05, 0.1) is 12.3 Å². The predicted octanol–water partition coefficient (Wildman–Crippen LogP) is 1.83. The molecule has 0 saturated carbocycles. The molecule has 1 rings (SSSR count). The van der Waals surface area contributed by atoms with Crippen molar-refractivity contribution < 1.29 is 9.90 Å². The van der Waals surface area contributed by atoms with Crippen LogP contribution in [0.2, 0.25) is 0 Å². The topological polar surface area (TPSA) is 58.4 Å². The monoisotopic (exact) mass is 267 g/mol. The quantitative estimate of drug-likeness (QED) is 0.820. The zero-order valence-corrected chi connectivity index (χ0v) is 12.4. The van der Waals surface area contributed by atoms with Gasteiger partial charge in [0, 0.05) is 19.1 Å². The van der Waals surface area contributed by atoms with Gasteiger partial charge in [0.1, 0.15) is 5.69 Å². The van der Waals surface area contributed by atoms with E-state index in [0.717, 1.165) is 18.5 Å². The summed E-state index contributed by atoms with van der Waals surface area (Å²) in [4.78, 5) is 14.4. The van der Waals surface area contributed by atoms with E-state index >= 15 is 0 Å². The molecule has 1 aromatic heterocycles.